The van der Waals surface area contributed by atoms with Crippen LogP contribution in [0.2, 0.25) is 0 Å². The van der Waals surface area contributed by atoms with E-state index in [4.69, 9.17) is 5.26 Å². The molecule has 2 saturated heterocycles. The minimum atomic E-state index is 0.275. The van der Waals surface area contributed by atoms with Gasteiger partial charge in [0.15, 0.2) is 5.78 Å². The van der Waals surface area contributed by atoms with Crippen LogP contribution in [0.15, 0.2) is 78.9 Å². The highest BCUT2D eigenvalue weighted by molar-refractivity contribution is 5.96. The molecule has 0 aromatic heterocycles. The van der Waals surface area contributed by atoms with Gasteiger partial charge in [0.2, 0.25) is 0 Å². The molecular formula is C33H38N4O. The summed E-state index contributed by atoms with van der Waals surface area (Å²) in [5.41, 5.74) is 5.47. The minimum absolute atomic E-state index is 0.275. The first-order valence-corrected chi connectivity index (χ1v) is 14.0. The second-order valence-electron chi connectivity index (χ2n) is 10.9. The number of carbonyl (C=O) groups excluding carboxylic acids is 1. The number of piperazine rings is 1. The third kappa shape index (κ3) is 7.39. The van der Waals surface area contributed by atoms with E-state index in [1.54, 1.807) is 0 Å². The summed E-state index contributed by atoms with van der Waals surface area (Å²) in [6.07, 6.45) is 2.78. The topological polar surface area (TPSA) is 50.6 Å². The molecule has 3 aromatic carbocycles. The first-order valence-electron chi connectivity index (χ1n) is 14.0. The van der Waals surface area contributed by atoms with E-state index in [0.29, 0.717) is 17.9 Å². The van der Waals surface area contributed by atoms with Crippen LogP contribution in [0.4, 0.5) is 0 Å². The molecule has 2 aliphatic rings. The van der Waals surface area contributed by atoms with Crippen molar-refractivity contribution in [2.24, 2.45) is 5.92 Å². The number of rotatable bonds is 9. The number of ketones is 1. The number of likely N-dealkylation sites (tertiary alicyclic amines) is 1. The molecule has 5 nitrogen and oxygen atoms in total. The molecule has 196 valence electrons. The lowest BCUT2D eigenvalue weighted by Gasteiger charge is -2.34. The molecule has 38 heavy (non-hydrogen) atoms. The van der Waals surface area contributed by atoms with Crippen LogP contribution in [-0.4, -0.2) is 59.8 Å². The van der Waals surface area contributed by atoms with Crippen molar-refractivity contribution in [3.8, 4) is 6.07 Å². The quantitative estimate of drug-likeness (QED) is 0.366. The number of nitrogens with zero attached hydrogens (tertiary/aromatic N) is 4. The van der Waals surface area contributed by atoms with Gasteiger partial charge in [-0.25, -0.2) is 0 Å². The maximum atomic E-state index is 13.0. The molecular weight excluding hydrogens is 468 g/mol. The van der Waals surface area contributed by atoms with Gasteiger partial charge in [-0.3, -0.25) is 19.5 Å². The van der Waals surface area contributed by atoms with Crippen LogP contribution in [0.3, 0.4) is 0 Å². The summed E-state index contributed by atoms with van der Waals surface area (Å²) in [7, 11) is 0. The zero-order chi connectivity index (χ0) is 26.2. The Morgan fingerprint density at radius 2 is 1.13 bits per heavy atom. The van der Waals surface area contributed by atoms with Crippen molar-refractivity contribution in [2.75, 3.05) is 39.3 Å². The SMILES string of the molecule is N#Cc1ccc(CN2CCC(CC(=O)c3ccc(CN4CCN(Cc5ccccc5)CC4)cc3)CC2)cc1. The van der Waals surface area contributed by atoms with Gasteiger partial charge in [0.1, 0.15) is 0 Å². The van der Waals surface area contributed by atoms with Crippen LogP contribution < -0.4 is 0 Å². The molecule has 0 amide bonds. The van der Waals surface area contributed by atoms with E-state index in [1.807, 2.05) is 36.4 Å². The molecule has 0 radical (unpaired) electrons. The van der Waals surface area contributed by atoms with Gasteiger partial charge in [-0.15, -0.1) is 0 Å². The number of benzene rings is 3. The van der Waals surface area contributed by atoms with E-state index in [9.17, 15) is 4.79 Å². The maximum absolute atomic E-state index is 13.0. The predicted molar refractivity (Wildman–Crippen MR) is 152 cm³/mol. The average molecular weight is 507 g/mol. The maximum Gasteiger partial charge on any atom is 0.163 e. The Morgan fingerprint density at radius 3 is 1.66 bits per heavy atom. The van der Waals surface area contributed by atoms with Crippen molar-refractivity contribution in [3.63, 3.8) is 0 Å². The summed E-state index contributed by atoms with van der Waals surface area (Å²) in [4.78, 5) is 20.5. The summed E-state index contributed by atoms with van der Waals surface area (Å²) in [5.74, 6) is 0.739. The zero-order valence-electron chi connectivity index (χ0n) is 22.3. The molecule has 3 aromatic rings. The minimum Gasteiger partial charge on any atom is -0.299 e. The highest BCUT2D eigenvalue weighted by atomic mass is 16.1. The van der Waals surface area contributed by atoms with Gasteiger partial charge in [0, 0.05) is 57.8 Å². The largest absolute Gasteiger partial charge is 0.299 e. The monoisotopic (exact) mass is 506 g/mol. The molecule has 0 saturated carbocycles. The van der Waals surface area contributed by atoms with Gasteiger partial charge in [-0.1, -0.05) is 66.7 Å². The zero-order valence-corrected chi connectivity index (χ0v) is 22.3. The number of hydrogen-bond donors (Lipinski definition) is 0. The van der Waals surface area contributed by atoms with Gasteiger partial charge in [-0.2, -0.15) is 5.26 Å². The summed E-state index contributed by atoms with van der Waals surface area (Å²) in [6, 6.07) is 29.1. The van der Waals surface area contributed by atoms with Crippen LogP contribution >= 0.6 is 0 Å². The third-order valence-electron chi connectivity index (χ3n) is 8.07. The molecule has 0 aliphatic carbocycles. The highest BCUT2D eigenvalue weighted by Crippen LogP contribution is 2.24. The molecule has 2 aliphatic heterocycles. The van der Waals surface area contributed by atoms with E-state index in [1.165, 1.54) is 16.7 Å². The van der Waals surface area contributed by atoms with Crippen LogP contribution in [-0.2, 0) is 19.6 Å². The van der Waals surface area contributed by atoms with Gasteiger partial charge < -0.3 is 0 Å². The number of Topliss-reactive ketones (excluding diaryl/α,β-unsaturated/α-hetero) is 1. The second-order valence-corrected chi connectivity index (χ2v) is 10.9. The molecule has 0 N–H and O–H groups in total. The van der Waals surface area contributed by atoms with E-state index in [-0.39, 0.29) is 5.78 Å². The molecule has 2 fully saturated rings. The first-order chi connectivity index (χ1) is 18.6. The number of piperidine rings is 1. The molecule has 2 heterocycles. The summed E-state index contributed by atoms with van der Waals surface area (Å²) in [5, 5.41) is 8.97. The molecule has 0 spiro atoms. The van der Waals surface area contributed by atoms with E-state index >= 15 is 0 Å². The standard InChI is InChI=1S/C33H38N4O/c34-23-28-6-8-30(9-7-28)25-35-16-14-27(15-17-35)22-33(38)32-12-10-31(11-13-32)26-37-20-18-36(19-21-37)24-29-4-2-1-3-5-29/h1-13,27H,14-22,24-26H2. The first kappa shape index (κ1) is 26.3. The molecule has 0 bridgehead atoms. The number of nitriles is 1. The van der Waals surface area contributed by atoms with E-state index in [2.05, 4.69) is 63.2 Å². The fraction of sp³-hybridized carbons (Fsp3) is 0.394. The Labute approximate surface area is 227 Å². The van der Waals surface area contributed by atoms with Gasteiger partial charge in [0.05, 0.1) is 11.6 Å². The van der Waals surface area contributed by atoms with Crippen LogP contribution in [0.1, 0.15) is 51.9 Å². The van der Waals surface area contributed by atoms with Crippen LogP contribution in [0.5, 0.6) is 0 Å². The Hall–Kier alpha value is -3.30. The normalized spacial score (nSPS) is 17.8. The van der Waals surface area contributed by atoms with Gasteiger partial charge in [-0.05, 0) is 60.7 Å². The molecule has 0 atom stereocenters. The lowest BCUT2D eigenvalue weighted by molar-refractivity contribution is 0.0925. The smallest absolute Gasteiger partial charge is 0.163 e. The summed E-state index contributed by atoms with van der Waals surface area (Å²) in [6.45, 7) is 9.29. The van der Waals surface area contributed by atoms with E-state index in [0.717, 1.165) is 77.3 Å². The molecule has 5 rings (SSSR count). The van der Waals surface area contributed by atoms with Crippen LogP contribution in [0.25, 0.3) is 0 Å². The summed E-state index contributed by atoms with van der Waals surface area (Å²) < 4.78 is 0. The lowest BCUT2D eigenvalue weighted by Crippen LogP contribution is -2.45. The van der Waals surface area contributed by atoms with Crippen molar-refractivity contribution in [3.05, 3.63) is 107 Å². The van der Waals surface area contributed by atoms with E-state index < -0.39 is 0 Å². The third-order valence-corrected chi connectivity index (χ3v) is 8.07. The van der Waals surface area contributed by atoms with Crippen molar-refractivity contribution in [1.82, 2.24) is 14.7 Å². The lowest BCUT2D eigenvalue weighted by atomic mass is 9.89. The number of hydrogen-bond acceptors (Lipinski definition) is 5. The average Bonchev–Trinajstić information content (AvgIpc) is 2.96. The Morgan fingerprint density at radius 1 is 0.658 bits per heavy atom. The second kappa shape index (κ2) is 13.0. The van der Waals surface area contributed by atoms with Crippen molar-refractivity contribution in [1.29, 1.82) is 5.26 Å². The fourth-order valence-electron chi connectivity index (χ4n) is 5.67. The van der Waals surface area contributed by atoms with Crippen molar-refractivity contribution < 1.29 is 4.79 Å². The predicted octanol–water partition coefficient (Wildman–Crippen LogP) is 5.36. The molecule has 5 heteroatoms. The Balaban J connectivity index is 1.02. The van der Waals surface area contributed by atoms with Gasteiger partial charge in [0.25, 0.3) is 0 Å². The highest BCUT2D eigenvalue weighted by Gasteiger charge is 2.22. The fourth-order valence-corrected chi connectivity index (χ4v) is 5.67. The van der Waals surface area contributed by atoms with Crippen molar-refractivity contribution in [2.45, 2.75) is 38.9 Å². The van der Waals surface area contributed by atoms with Crippen molar-refractivity contribution >= 4 is 5.78 Å². The number of carbonyl (C=O) groups is 1. The summed E-state index contributed by atoms with van der Waals surface area (Å²) >= 11 is 0. The Kier molecular flexibility index (Phi) is 8.98. The molecule has 0 unspecified atom stereocenters. The Bertz CT molecular complexity index is 1200. The van der Waals surface area contributed by atoms with Crippen LogP contribution in [0, 0.1) is 17.2 Å². The van der Waals surface area contributed by atoms with Gasteiger partial charge >= 0.3 is 0 Å².